The average Bonchev–Trinajstić information content (AvgIpc) is 2.34. The summed E-state index contributed by atoms with van der Waals surface area (Å²) in [6.45, 7) is 8.92. The summed E-state index contributed by atoms with van der Waals surface area (Å²) in [4.78, 5) is 8.52. The molecule has 0 spiro atoms. The van der Waals surface area contributed by atoms with Gasteiger partial charge in [0.05, 0.1) is 7.11 Å². The van der Waals surface area contributed by atoms with Crippen LogP contribution in [0.15, 0.2) is 0 Å². The topological polar surface area (TPSA) is 82.9 Å². The number of nitriles is 1. The van der Waals surface area contributed by atoms with Gasteiger partial charge in [0.1, 0.15) is 6.07 Å². The lowest BCUT2D eigenvalue weighted by Crippen LogP contribution is -2.16. The molecule has 0 amide bonds. The van der Waals surface area contributed by atoms with Crippen LogP contribution in [-0.4, -0.2) is 29.7 Å². The van der Waals surface area contributed by atoms with E-state index >= 15 is 0 Å². The van der Waals surface area contributed by atoms with E-state index in [1.165, 1.54) is 7.11 Å². The standard InChI is InChI=1S/C13H21N5O/c1-8(2)7-15-13-17-11(16-9(3)4)10(6-14)12(18-13)19-5/h8-9H,7H2,1-5H3,(H2,15,16,17,18). The largest absolute Gasteiger partial charge is 0.480 e. The molecule has 2 N–H and O–H groups in total. The zero-order valence-corrected chi connectivity index (χ0v) is 12.1. The van der Waals surface area contributed by atoms with Crippen molar-refractivity contribution in [2.45, 2.75) is 33.7 Å². The first-order valence-corrected chi connectivity index (χ1v) is 6.34. The number of anilines is 2. The molecule has 1 heterocycles. The molecule has 104 valence electrons. The van der Waals surface area contributed by atoms with Crippen molar-refractivity contribution in [2.75, 3.05) is 24.3 Å². The van der Waals surface area contributed by atoms with Crippen molar-refractivity contribution in [3.63, 3.8) is 0 Å². The molecule has 0 bridgehead atoms. The summed E-state index contributed by atoms with van der Waals surface area (Å²) in [7, 11) is 1.49. The molecule has 1 aromatic heterocycles. The van der Waals surface area contributed by atoms with Crippen molar-refractivity contribution in [3.05, 3.63) is 5.56 Å². The molecular weight excluding hydrogens is 242 g/mol. The number of nitrogens with zero attached hydrogens (tertiary/aromatic N) is 3. The first-order chi connectivity index (χ1) is 8.97. The molecule has 1 rings (SSSR count). The summed E-state index contributed by atoms with van der Waals surface area (Å²) in [6, 6.07) is 2.24. The first kappa shape index (κ1) is 15.0. The van der Waals surface area contributed by atoms with Gasteiger partial charge in [0.25, 0.3) is 0 Å². The van der Waals surface area contributed by atoms with Crippen LogP contribution >= 0.6 is 0 Å². The van der Waals surface area contributed by atoms with Gasteiger partial charge in [-0.25, -0.2) is 0 Å². The van der Waals surface area contributed by atoms with E-state index in [4.69, 9.17) is 4.74 Å². The second-order valence-corrected chi connectivity index (χ2v) is 4.97. The fraction of sp³-hybridized carbons (Fsp3) is 0.615. The SMILES string of the molecule is COc1nc(NCC(C)C)nc(NC(C)C)c1C#N. The lowest BCUT2D eigenvalue weighted by molar-refractivity contribution is 0.396. The lowest BCUT2D eigenvalue weighted by Gasteiger charge is -2.15. The van der Waals surface area contributed by atoms with Crippen LogP contribution in [0.5, 0.6) is 5.88 Å². The van der Waals surface area contributed by atoms with Gasteiger partial charge in [-0.05, 0) is 19.8 Å². The van der Waals surface area contributed by atoms with E-state index in [1.54, 1.807) is 0 Å². The normalized spacial score (nSPS) is 10.4. The fourth-order valence-electron chi connectivity index (χ4n) is 1.44. The summed E-state index contributed by atoms with van der Waals surface area (Å²) < 4.78 is 5.15. The molecule has 0 aliphatic heterocycles. The van der Waals surface area contributed by atoms with Gasteiger partial charge in [0, 0.05) is 12.6 Å². The molecule has 6 nitrogen and oxygen atoms in total. The highest BCUT2D eigenvalue weighted by Gasteiger charge is 2.15. The van der Waals surface area contributed by atoms with Crippen LogP contribution in [0.3, 0.4) is 0 Å². The Balaban J connectivity index is 3.11. The minimum atomic E-state index is 0.171. The highest BCUT2D eigenvalue weighted by atomic mass is 16.5. The molecule has 0 saturated carbocycles. The van der Waals surface area contributed by atoms with E-state index < -0.39 is 0 Å². The molecule has 0 atom stereocenters. The smallest absolute Gasteiger partial charge is 0.238 e. The zero-order chi connectivity index (χ0) is 14.4. The number of aromatic nitrogens is 2. The van der Waals surface area contributed by atoms with Crippen LogP contribution in [0, 0.1) is 17.2 Å². The molecule has 6 heteroatoms. The monoisotopic (exact) mass is 263 g/mol. The molecular formula is C13H21N5O. The Morgan fingerprint density at radius 2 is 1.95 bits per heavy atom. The van der Waals surface area contributed by atoms with E-state index in [1.807, 2.05) is 13.8 Å². The lowest BCUT2D eigenvalue weighted by atomic mass is 10.2. The summed E-state index contributed by atoms with van der Waals surface area (Å²) in [6.07, 6.45) is 0. The maximum absolute atomic E-state index is 9.18. The Kier molecular flexibility index (Phi) is 5.37. The van der Waals surface area contributed by atoms with Crippen molar-refractivity contribution in [2.24, 2.45) is 5.92 Å². The van der Waals surface area contributed by atoms with E-state index in [9.17, 15) is 5.26 Å². The summed E-state index contributed by atoms with van der Waals surface area (Å²) in [5.41, 5.74) is 0.325. The van der Waals surface area contributed by atoms with Crippen LogP contribution in [0.1, 0.15) is 33.3 Å². The van der Waals surface area contributed by atoms with Crippen LogP contribution < -0.4 is 15.4 Å². The Labute approximate surface area is 114 Å². The van der Waals surface area contributed by atoms with Gasteiger partial charge in [-0.3, -0.25) is 0 Å². The molecule has 0 radical (unpaired) electrons. The van der Waals surface area contributed by atoms with Gasteiger partial charge in [0.15, 0.2) is 11.4 Å². The van der Waals surface area contributed by atoms with E-state index in [2.05, 4.69) is 40.5 Å². The van der Waals surface area contributed by atoms with Gasteiger partial charge in [-0.2, -0.15) is 15.2 Å². The van der Waals surface area contributed by atoms with Crippen molar-refractivity contribution >= 4 is 11.8 Å². The van der Waals surface area contributed by atoms with E-state index in [0.717, 1.165) is 6.54 Å². The van der Waals surface area contributed by atoms with Crippen LogP contribution in [0.4, 0.5) is 11.8 Å². The number of rotatable bonds is 6. The van der Waals surface area contributed by atoms with Gasteiger partial charge in [-0.1, -0.05) is 13.8 Å². The average molecular weight is 263 g/mol. The molecule has 0 saturated heterocycles. The molecule has 0 aromatic carbocycles. The summed E-state index contributed by atoms with van der Waals surface area (Å²) in [5.74, 6) is 1.72. The van der Waals surface area contributed by atoms with Crippen molar-refractivity contribution in [1.29, 1.82) is 5.26 Å². The van der Waals surface area contributed by atoms with Crippen LogP contribution in [0.25, 0.3) is 0 Å². The number of nitrogens with one attached hydrogen (secondary N) is 2. The number of ether oxygens (including phenoxy) is 1. The Morgan fingerprint density at radius 1 is 1.26 bits per heavy atom. The van der Waals surface area contributed by atoms with Gasteiger partial charge < -0.3 is 15.4 Å². The molecule has 1 aromatic rings. The predicted molar refractivity (Wildman–Crippen MR) is 75.4 cm³/mol. The Bertz CT molecular complexity index is 465. The molecule has 0 aliphatic rings. The first-order valence-electron chi connectivity index (χ1n) is 6.34. The van der Waals surface area contributed by atoms with E-state index in [0.29, 0.717) is 23.2 Å². The summed E-state index contributed by atoms with van der Waals surface area (Å²) >= 11 is 0. The third-order valence-electron chi connectivity index (χ3n) is 2.27. The fourth-order valence-corrected chi connectivity index (χ4v) is 1.44. The third kappa shape index (κ3) is 4.28. The number of hydrogen-bond acceptors (Lipinski definition) is 6. The molecule has 0 fully saturated rings. The van der Waals surface area contributed by atoms with Crippen molar-refractivity contribution < 1.29 is 4.74 Å². The number of methoxy groups -OCH3 is 1. The molecule has 0 aliphatic carbocycles. The third-order valence-corrected chi connectivity index (χ3v) is 2.27. The maximum Gasteiger partial charge on any atom is 0.238 e. The second-order valence-electron chi connectivity index (χ2n) is 4.97. The van der Waals surface area contributed by atoms with Gasteiger partial charge >= 0.3 is 0 Å². The molecule has 0 unspecified atom stereocenters. The van der Waals surface area contributed by atoms with Crippen LogP contribution in [0.2, 0.25) is 0 Å². The van der Waals surface area contributed by atoms with E-state index in [-0.39, 0.29) is 11.9 Å². The van der Waals surface area contributed by atoms with Crippen molar-refractivity contribution in [1.82, 2.24) is 9.97 Å². The quantitative estimate of drug-likeness (QED) is 0.819. The maximum atomic E-state index is 9.18. The minimum absolute atomic E-state index is 0.171. The Hall–Kier alpha value is -2.03. The predicted octanol–water partition coefficient (Wildman–Crippen LogP) is 2.25. The minimum Gasteiger partial charge on any atom is -0.480 e. The second kappa shape index (κ2) is 6.78. The highest BCUT2D eigenvalue weighted by molar-refractivity contribution is 5.59. The Morgan fingerprint density at radius 3 is 2.42 bits per heavy atom. The number of hydrogen-bond donors (Lipinski definition) is 2. The zero-order valence-electron chi connectivity index (χ0n) is 12.1. The van der Waals surface area contributed by atoms with Crippen LogP contribution in [-0.2, 0) is 0 Å². The van der Waals surface area contributed by atoms with Gasteiger partial charge in [0.2, 0.25) is 11.8 Å². The van der Waals surface area contributed by atoms with Crippen molar-refractivity contribution in [3.8, 4) is 11.9 Å². The molecule has 19 heavy (non-hydrogen) atoms. The highest BCUT2D eigenvalue weighted by Crippen LogP contribution is 2.24. The summed E-state index contributed by atoms with van der Waals surface area (Å²) in [5, 5.41) is 15.4. The van der Waals surface area contributed by atoms with Gasteiger partial charge in [-0.15, -0.1) is 0 Å².